The molecule has 0 aliphatic heterocycles. The average molecular weight is 282 g/mol. The lowest BCUT2D eigenvalue weighted by molar-refractivity contribution is -0.166. The molecule has 3 unspecified atom stereocenters. The Kier molecular flexibility index (Phi) is 8.31. The van der Waals surface area contributed by atoms with Gasteiger partial charge in [-0.3, -0.25) is 4.52 Å². The fraction of sp³-hybridized carbons (Fsp3) is 1.00. The van der Waals surface area contributed by atoms with Gasteiger partial charge in [-0.15, -0.1) is 4.67 Å². The van der Waals surface area contributed by atoms with E-state index in [9.17, 15) is 4.57 Å². The van der Waals surface area contributed by atoms with Crippen LogP contribution in [0.25, 0.3) is 0 Å². The zero-order valence-corrected chi connectivity index (χ0v) is 12.9. The summed E-state index contributed by atoms with van der Waals surface area (Å²) in [5.74, 6) is 1.32. The Hall–Kier alpha value is 0.0700. The van der Waals surface area contributed by atoms with Gasteiger partial charge >= 0.3 is 7.82 Å². The standard InChI is InChI=1S/C12H27O5P/c1-9(2)6-11(5)8-12(7-10(3)4)16-18(14,15)17-13/h9-13H,6-8H2,1-5H3,(H,14,15). The second-order valence-electron chi connectivity index (χ2n) is 5.88. The molecule has 18 heavy (non-hydrogen) atoms. The van der Waals surface area contributed by atoms with E-state index in [0.717, 1.165) is 6.42 Å². The van der Waals surface area contributed by atoms with Crippen molar-refractivity contribution in [3.05, 3.63) is 0 Å². The van der Waals surface area contributed by atoms with E-state index in [2.05, 4.69) is 25.4 Å². The second-order valence-corrected chi connectivity index (χ2v) is 7.19. The Morgan fingerprint density at radius 3 is 1.89 bits per heavy atom. The van der Waals surface area contributed by atoms with Gasteiger partial charge in [0.05, 0.1) is 6.10 Å². The summed E-state index contributed by atoms with van der Waals surface area (Å²) in [6.45, 7) is 10.4. The predicted octanol–water partition coefficient (Wildman–Crippen LogP) is 4.08. The van der Waals surface area contributed by atoms with Crippen molar-refractivity contribution < 1.29 is 23.9 Å². The molecular formula is C12H27O5P. The van der Waals surface area contributed by atoms with Crippen LogP contribution in [0.3, 0.4) is 0 Å². The molecule has 0 heterocycles. The van der Waals surface area contributed by atoms with Crippen molar-refractivity contribution in [2.24, 2.45) is 17.8 Å². The van der Waals surface area contributed by atoms with Crippen LogP contribution < -0.4 is 0 Å². The zero-order chi connectivity index (χ0) is 14.3. The smallest absolute Gasteiger partial charge is 0.301 e. The molecule has 0 aliphatic carbocycles. The lowest BCUT2D eigenvalue weighted by Crippen LogP contribution is -2.19. The van der Waals surface area contributed by atoms with E-state index in [1.165, 1.54) is 0 Å². The van der Waals surface area contributed by atoms with Crippen molar-refractivity contribution >= 4 is 7.82 Å². The maximum Gasteiger partial charge on any atom is 0.499 e. The van der Waals surface area contributed by atoms with Gasteiger partial charge in [0, 0.05) is 0 Å². The average Bonchev–Trinajstić information content (AvgIpc) is 2.14. The number of rotatable bonds is 9. The molecule has 0 radical (unpaired) electrons. The molecule has 0 saturated carbocycles. The van der Waals surface area contributed by atoms with Crippen molar-refractivity contribution in [1.82, 2.24) is 0 Å². The van der Waals surface area contributed by atoms with Crippen LogP contribution in [0, 0.1) is 17.8 Å². The largest absolute Gasteiger partial charge is 0.499 e. The summed E-state index contributed by atoms with van der Waals surface area (Å²) in [5.41, 5.74) is 0. The Morgan fingerprint density at radius 1 is 1.00 bits per heavy atom. The third kappa shape index (κ3) is 9.06. The highest BCUT2D eigenvalue weighted by Gasteiger charge is 2.28. The van der Waals surface area contributed by atoms with E-state index in [4.69, 9.17) is 14.7 Å². The Balaban J connectivity index is 4.44. The fourth-order valence-corrected chi connectivity index (χ4v) is 2.85. The Bertz CT molecular complexity index is 267. The number of hydrogen-bond acceptors (Lipinski definition) is 4. The van der Waals surface area contributed by atoms with Gasteiger partial charge in [-0.05, 0) is 37.0 Å². The monoisotopic (exact) mass is 282 g/mol. The summed E-state index contributed by atoms with van der Waals surface area (Å²) >= 11 is 0. The number of phosphoric ester groups is 1. The van der Waals surface area contributed by atoms with Crippen LogP contribution in [0.4, 0.5) is 0 Å². The highest BCUT2D eigenvalue weighted by molar-refractivity contribution is 7.47. The van der Waals surface area contributed by atoms with Crippen LogP contribution in [0.1, 0.15) is 53.9 Å². The van der Waals surface area contributed by atoms with Crippen LogP contribution in [-0.2, 0) is 13.8 Å². The molecule has 0 rings (SSSR count). The first-order valence-electron chi connectivity index (χ1n) is 6.50. The molecule has 6 heteroatoms. The topological polar surface area (TPSA) is 76.0 Å². The quantitative estimate of drug-likeness (QED) is 0.378. The van der Waals surface area contributed by atoms with E-state index in [-0.39, 0.29) is 6.10 Å². The Morgan fingerprint density at radius 2 is 1.50 bits per heavy atom. The van der Waals surface area contributed by atoms with Crippen LogP contribution in [-0.4, -0.2) is 16.3 Å². The minimum atomic E-state index is -4.32. The van der Waals surface area contributed by atoms with Crippen molar-refractivity contribution in [3.8, 4) is 0 Å². The van der Waals surface area contributed by atoms with Gasteiger partial charge in [0.1, 0.15) is 0 Å². The molecular weight excluding hydrogens is 255 g/mol. The summed E-state index contributed by atoms with van der Waals surface area (Å²) in [4.78, 5) is 9.16. The summed E-state index contributed by atoms with van der Waals surface area (Å²) in [6.07, 6.45) is 2.01. The molecule has 0 amide bonds. The zero-order valence-electron chi connectivity index (χ0n) is 12.0. The molecule has 3 atom stereocenters. The molecule has 0 spiro atoms. The number of hydrogen-bond donors (Lipinski definition) is 2. The highest BCUT2D eigenvalue weighted by atomic mass is 31.2. The molecule has 0 fully saturated rings. The van der Waals surface area contributed by atoms with Crippen LogP contribution in [0.5, 0.6) is 0 Å². The van der Waals surface area contributed by atoms with Crippen LogP contribution in [0.15, 0.2) is 0 Å². The lowest BCUT2D eigenvalue weighted by Gasteiger charge is -2.24. The van der Waals surface area contributed by atoms with Gasteiger partial charge in [-0.25, -0.2) is 9.82 Å². The highest BCUT2D eigenvalue weighted by Crippen LogP contribution is 2.45. The Labute approximate surface area is 110 Å². The van der Waals surface area contributed by atoms with Gasteiger partial charge < -0.3 is 4.89 Å². The molecule has 5 nitrogen and oxygen atoms in total. The maximum absolute atomic E-state index is 11.2. The molecule has 2 N–H and O–H groups in total. The minimum absolute atomic E-state index is 0.347. The van der Waals surface area contributed by atoms with Crippen molar-refractivity contribution in [3.63, 3.8) is 0 Å². The molecule has 0 aliphatic rings. The maximum atomic E-state index is 11.2. The van der Waals surface area contributed by atoms with Gasteiger partial charge in [0.2, 0.25) is 0 Å². The van der Waals surface area contributed by atoms with Crippen LogP contribution >= 0.6 is 7.82 Å². The first-order chi connectivity index (χ1) is 8.16. The van der Waals surface area contributed by atoms with Crippen molar-refractivity contribution in [2.45, 2.75) is 60.0 Å². The predicted molar refractivity (Wildman–Crippen MR) is 71.1 cm³/mol. The third-order valence-corrected chi connectivity index (χ3v) is 3.43. The first kappa shape index (κ1) is 18.1. The number of phosphoric acid groups is 1. The van der Waals surface area contributed by atoms with Gasteiger partial charge in [0.15, 0.2) is 0 Å². The molecule has 0 aromatic rings. The SMILES string of the molecule is CC(C)CC(C)CC(CC(C)C)OP(=O)(O)OO. The summed E-state index contributed by atoms with van der Waals surface area (Å²) in [7, 11) is -4.32. The van der Waals surface area contributed by atoms with E-state index < -0.39 is 7.82 Å². The lowest BCUT2D eigenvalue weighted by atomic mass is 9.91. The van der Waals surface area contributed by atoms with Crippen molar-refractivity contribution in [2.75, 3.05) is 0 Å². The van der Waals surface area contributed by atoms with E-state index >= 15 is 0 Å². The molecule has 0 aromatic carbocycles. The minimum Gasteiger partial charge on any atom is -0.301 e. The van der Waals surface area contributed by atoms with E-state index in [1.54, 1.807) is 0 Å². The van der Waals surface area contributed by atoms with E-state index in [1.807, 2.05) is 13.8 Å². The first-order valence-corrected chi connectivity index (χ1v) is 8.00. The fourth-order valence-electron chi connectivity index (χ4n) is 2.27. The third-order valence-electron chi connectivity index (χ3n) is 2.66. The summed E-state index contributed by atoms with van der Waals surface area (Å²) < 4.78 is 19.7. The molecule has 110 valence electrons. The van der Waals surface area contributed by atoms with Gasteiger partial charge in [-0.1, -0.05) is 34.6 Å². The van der Waals surface area contributed by atoms with Crippen LogP contribution in [0.2, 0.25) is 0 Å². The summed E-state index contributed by atoms with van der Waals surface area (Å²) in [5, 5.41) is 8.32. The van der Waals surface area contributed by atoms with E-state index in [0.29, 0.717) is 30.6 Å². The second kappa shape index (κ2) is 8.28. The summed E-state index contributed by atoms with van der Waals surface area (Å²) in [6, 6.07) is 0. The van der Waals surface area contributed by atoms with Gasteiger partial charge in [-0.2, -0.15) is 0 Å². The molecule has 0 saturated heterocycles. The molecule has 0 aromatic heterocycles. The normalized spacial score (nSPS) is 18.9. The van der Waals surface area contributed by atoms with Gasteiger partial charge in [0.25, 0.3) is 0 Å². The molecule has 0 bridgehead atoms. The van der Waals surface area contributed by atoms with Crippen molar-refractivity contribution in [1.29, 1.82) is 0 Å².